The largest absolute Gasteiger partial charge is 0.353 e. The fourth-order valence-corrected chi connectivity index (χ4v) is 3.35. The van der Waals surface area contributed by atoms with Crippen LogP contribution in [0.15, 0.2) is 35.1 Å². The Morgan fingerprint density at radius 3 is 2.67 bits per heavy atom. The molecule has 1 fully saturated rings. The smallest absolute Gasteiger partial charge is 0.279 e. The number of carbonyl (C=O) groups excluding carboxylic acids is 1. The molecule has 1 saturated carbocycles. The first kappa shape index (κ1) is 17.5. The molecule has 27 heavy (non-hydrogen) atoms. The molecule has 0 bridgehead atoms. The molecule has 2 heterocycles. The summed E-state index contributed by atoms with van der Waals surface area (Å²) in [6, 6.07) is 9.94. The van der Waals surface area contributed by atoms with Crippen LogP contribution in [0.4, 0.5) is 0 Å². The van der Waals surface area contributed by atoms with Gasteiger partial charge in [-0.2, -0.15) is 9.50 Å². The van der Waals surface area contributed by atoms with E-state index in [1.165, 1.54) is 4.52 Å². The van der Waals surface area contributed by atoms with Crippen LogP contribution in [-0.4, -0.2) is 31.1 Å². The van der Waals surface area contributed by atoms with Crippen molar-refractivity contribution < 1.29 is 4.79 Å². The first-order valence-corrected chi connectivity index (χ1v) is 9.42. The third kappa shape index (κ3) is 3.37. The quantitative estimate of drug-likeness (QED) is 0.725. The van der Waals surface area contributed by atoms with Gasteiger partial charge in [-0.25, -0.2) is 0 Å². The highest BCUT2D eigenvalue weighted by molar-refractivity contribution is 5.76. The number of nitrogens with zero attached hydrogens (tertiary/aromatic N) is 4. The van der Waals surface area contributed by atoms with Gasteiger partial charge in [-0.05, 0) is 33.1 Å². The van der Waals surface area contributed by atoms with E-state index >= 15 is 0 Å². The summed E-state index contributed by atoms with van der Waals surface area (Å²) >= 11 is 0. The SMILES string of the molecule is CCn1c(C)c(CCC(=O)NC2CC2)c(=O)n2nc(-c3ccccc3)nc12. The van der Waals surface area contributed by atoms with Crippen LogP contribution in [0.3, 0.4) is 0 Å². The van der Waals surface area contributed by atoms with Gasteiger partial charge in [0.1, 0.15) is 0 Å². The van der Waals surface area contributed by atoms with Gasteiger partial charge in [0.25, 0.3) is 5.56 Å². The van der Waals surface area contributed by atoms with Gasteiger partial charge in [0.15, 0.2) is 5.82 Å². The van der Waals surface area contributed by atoms with Crippen LogP contribution in [0.2, 0.25) is 0 Å². The summed E-state index contributed by atoms with van der Waals surface area (Å²) in [6.07, 6.45) is 2.82. The van der Waals surface area contributed by atoms with Crippen LogP contribution in [0.25, 0.3) is 17.2 Å². The molecule has 1 aromatic carbocycles. The normalized spacial score (nSPS) is 13.9. The van der Waals surface area contributed by atoms with Crippen molar-refractivity contribution in [1.82, 2.24) is 24.5 Å². The molecular formula is C20H23N5O2. The Kier molecular flexibility index (Phi) is 4.51. The number of benzene rings is 1. The van der Waals surface area contributed by atoms with Gasteiger partial charge in [-0.1, -0.05) is 30.3 Å². The van der Waals surface area contributed by atoms with Crippen LogP contribution in [0.1, 0.15) is 37.4 Å². The van der Waals surface area contributed by atoms with Crippen molar-refractivity contribution in [3.63, 3.8) is 0 Å². The number of hydrogen-bond donors (Lipinski definition) is 1. The molecule has 0 unspecified atom stereocenters. The van der Waals surface area contributed by atoms with Crippen molar-refractivity contribution >= 4 is 11.7 Å². The second-order valence-electron chi connectivity index (χ2n) is 6.97. The topological polar surface area (TPSA) is 81.3 Å². The number of carbonyl (C=O) groups is 1. The Morgan fingerprint density at radius 1 is 1.26 bits per heavy atom. The molecule has 140 valence electrons. The number of amides is 1. The zero-order valence-electron chi connectivity index (χ0n) is 15.6. The zero-order valence-corrected chi connectivity index (χ0v) is 15.6. The second kappa shape index (κ2) is 6.98. The average Bonchev–Trinajstić information content (AvgIpc) is 3.37. The Bertz CT molecular complexity index is 1050. The molecule has 0 spiro atoms. The lowest BCUT2D eigenvalue weighted by Crippen LogP contribution is -2.29. The summed E-state index contributed by atoms with van der Waals surface area (Å²) in [7, 11) is 0. The Balaban J connectivity index is 1.73. The second-order valence-corrected chi connectivity index (χ2v) is 6.97. The minimum atomic E-state index is -0.193. The Morgan fingerprint density at radius 2 is 2.00 bits per heavy atom. The molecule has 0 aliphatic heterocycles. The van der Waals surface area contributed by atoms with Gasteiger partial charge in [-0.3, -0.25) is 9.59 Å². The van der Waals surface area contributed by atoms with E-state index in [0.29, 0.717) is 42.6 Å². The number of nitrogens with one attached hydrogen (secondary N) is 1. The third-order valence-electron chi connectivity index (χ3n) is 5.02. The van der Waals surface area contributed by atoms with Crippen LogP contribution < -0.4 is 10.9 Å². The van der Waals surface area contributed by atoms with Crippen molar-refractivity contribution in [2.24, 2.45) is 0 Å². The molecule has 0 atom stereocenters. The van der Waals surface area contributed by atoms with Crippen molar-refractivity contribution in [3.05, 3.63) is 51.9 Å². The fourth-order valence-electron chi connectivity index (χ4n) is 3.35. The number of fused-ring (bicyclic) bond motifs is 1. The van der Waals surface area contributed by atoms with Gasteiger partial charge < -0.3 is 9.88 Å². The van der Waals surface area contributed by atoms with Gasteiger partial charge in [0.2, 0.25) is 11.7 Å². The van der Waals surface area contributed by atoms with Crippen LogP contribution in [0, 0.1) is 6.92 Å². The van der Waals surface area contributed by atoms with Crippen LogP contribution in [0.5, 0.6) is 0 Å². The van der Waals surface area contributed by atoms with E-state index in [-0.39, 0.29) is 11.5 Å². The van der Waals surface area contributed by atoms with E-state index in [1.54, 1.807) is 0 Å². The lowest BCUT2D eigenvalue weighted by Gasteiger charge is -2.13. The summed E-state index contributed by atoms with van der Waals surface area (Å²) in [5, 5.41) is 7.42. The molecule has 0 radical (unpaired) electrons. The molecule has 1 aliphatic rings. The lowest BCUT2D eigenvalue weighted by molar-refractivity contribution is -0.121. The number of aryl methyl sites for hydroxylation is 1. The molecule has 7 nitrogen and oxygen atoms in total. The molecule has 1 N–H and O–H groups in total. The number of hydrogen-bond acceptors (Lipinski definition) is 4. The highest BCUT2D eigenvalue weighted by atomic mass is 16.2. The number of aromatic nitrogens is 4. The molecular weight excluding hydrogens is 342 g/mol. The van der Waals surface area contributed by atoms with Crippen LogP contribution >= 0.6 is 0 Å². The molecule has 7 heteroatoms. The summed E-state index contributed by atoms with van der Waals surface area (Å²) in [6.45, 7) is 4.59. The van der Waals surface area contributed by atoms with E-state index in [4.69, 9.17) is 0 Å². The molecule has 1 amide bonds. The van der Waals surface area contributed by atoms with Crippen molar-refractivity contribution in [2.75, 3.05) is 0 Å². The van der Waals surface area contributed by atoms with E-state index in [1.807, 2.05) is 48.7 Å². The highest BCUT2D eigenvalue weighted by Gasteiger charge is 2.24. The minimum Gasteiger partial charge on any atom is -0.353 e. The van der Waals surface area contributed by atoms with E-state index in [9.17, 15) is 9.59 Å². The maximum absolute atomic E-state index is 13.0. The van der Waals surface area contributed by atoms with Crippen molar-refractivity contribution in [2.45, 2.75) is 52.1 Å². The summed E-state index contributed by atoms with van der Waals surface area (Å²) in [5.74, 6) is 1.06. The van der Waals surface area contributed by atoms with Gasteiger partial charge in [0, 0.05) is 35.8 Å². The van der Waals surface area contributed by atoms with E-state index in [2.05, 4.69) is 15.4 Å². The Hall–Kier alpha value is -2.96. The molecule has 3 aromatic rings. The maximum Gasteiger partial charge on any atom is 0.279 e. The molecule has 0 saturated heterocycles. The van der Waals surface area contributed by atoms with Crippen LogP contribution in [-0.2, 0) is 17.8 Å². The predicted molar refractivity (Wildman–Crippen MR) is 103 cm³/mol. The molecule has 4 rings (SSSR count). The monoisotopic (exact) mass is 365 g/mol. The zero-order chi connectivity index (χ0) is 19.0. The maximum atomic E-state index is 13.0. The van der Waals surface area contributed by atoms with Crippen molar-refractivity contribution in [1.29, 1.82) is 0 Å². The lowest BCUT2D eigenvalue weighted by atomic mass is 10.1. The standard InChI is InChI=1S/C20H23N5O2/c1-3-24-13(2)16(11-12-17(26)21-15-9-10-15)19(27)25-20(24)22-18(23-25)14-7-5-4-6-8-14/h4-8,15H,3,9-12H2,1-2H3,(H,21,26). The Labute approximate surface area is 157 Å². The van der Waals surface area contributed by atoms with Gasteiger partial charge >= 0.3 is 0 Å². The summed E-state index contributed by atoms with van der Waals surface area (Å²) in [4.78, 5) is 29.7. The summed E-state index contributed by atoms with van der Waals surface area (Å²) in [5.41, 5.74) is 2.15. The predicted octanol–water partition coefficient (Wildman–Crippen LogP) is 2.10. The molecule has 1 aliphatic carbocycles. The van der Waals surface area contributed by atoms with Crippen molar-refractivity contribution in [3.8, 4) is 11.4 Å². The summed E-state index contributed by atoms with van der Waals surface area (Å²) < 4.78 is 3.35. The third-order valence-corrected chi connectivity index (χ3v) is 5.02. The van der Waals surface area contributed by atoms with Gasteiger partial charge in [0.05, 0.1) is 0 Å². The average molecular weight is 365 g/mol. The van der Waals surface area contributed by atoms with E-state index < -0.39 is 0 Å². The molecule has 2 aromatic heterocycles. The first-order chi connectivity index (χ1) is 13.1. The highest BCUT2D eigenvalue weighted by Crippen LogP contribution is 2.19. The minimum absolute atomic E-state index is 0.00279. The number of rotatable bonds is 6. The van der Waals surface area contributed by atoms with E-state index in [0.717, 1.165) is 24.1 Å². The first-order valence-electron chi connectivity index (χ1n) is 9.42. The van der Waals surface area contributed by atoms with Gasteiger partial charge in [-0.15, -0.1) is 5.10 Å². The fraction of sp³-hybridized carbons (Fsp3) is 0.400.